The molecule has 2 amide bonds. The van der Waals surface area contributed by atoms with Gasteiger partial charge in [-0.15, -0.1) is 0 Å². The van der Waals surface area contributed by atoms with E-state index in [1.54, 1.807) is 25.1 Å². The van der Waals surface area contributed by atoms with E-state index in [-0.39, 0.29) is 11.8 Å². The molecule has 24 heavy (non-hydrogen) atoms. The number of carbonyl (C=O) groups is 2. The van der Waals surface area contributed by atoms with Gasteiger partial charge >= 0.3 is 0 Å². The summed E-state index contributed by atoms with van der Waals surface area (Å²) in [6.07, 6.45) is 3.41. The average Bonchev–Trinajstić information content (AvgIpc) is 3.06. The largest absolute Gasteiger partial charge is 0.478 e. The Morgan fingerprint density at radius 3 is 2.92 bits per heavy atom. The number of aromatic nitrogens is 3. The first-order chi connectivity index (χ1) is 11.6. The maximum Gasteiger partial charge on any atom is 0.265 e. The number of H-pyrrole nitrogens is 1. The smallest absolute Gasteiger partial charge is 0.265 e. The molecule has 1 saturated carbocycles. The molecule has 8 heteroatoms. The molecule has 2 aliphatic rings. The van der Waals surface area contributed by atoms with Crippen molar-refractivity contribution in [1.82, 2.24) is 20.5 Å². The fourth-order valence-electron chi connectivity index (χ4n) is 3.08. The molecular weight excluding hydrogens is 310 g/mol. The fourth-order valence-corrected chi connectivity index (χ4v) is 3.08. The molecule has 2 heterocycles. The molecular formula is C16H17N5O3. The summed E-state index contributed by atoms with van der Waals surface area (Å²) in [6, 6.07) is 5.12. The van der Waals surface area contributed by atoms with Gasteiger partial charge in [-0.05, 0) is 38.3 Å². The number of carbonyl (C=O) groups excluding carboxylic acids is 2. The molecule has 0 saturated heterocycles. The summed E-state index contributed by atoms with van der Waals surface area (Å²) in [5.74, 6) is 0.576. The molecule has 1 aliphatic heterocycles. The lowest BCUT2D eigenvalue weighted by molar-refractivity contribution is -0.122. The summed E-state index contributed by atoms with van der Waals surface area (Å²) in [7, 11) is 0. The fraction of sp³-hybridized carbons (Fsp3) is 0.375. The zero-order valence-corrected chi connectivity index (χ0v) is 13.1. The van der Waals surface area contributed by atoms with E-state index in [4.69, 9.17) is 4.74 Å². The number of amides is 2. The van der Waals surface area contributed by atoms with Crippen molar-refractivity contribution in [2.45, 2.75) is 37.8 Å². The topological polar surface area (TPSA) is 109 Å². The van der Waals surface area contributed by atoms with Crippen molar-refractivity contribution in [3.63, 3.8) is 0 Å². The third-order valence-corrected chi connectivity index (χ3v) is 4.61. The molecule has 1 unspecified atom stereocenters. The molecule has 1 aliphatic carbocycles. The first-order valence-corrected chi connectivity index (χ1v) is 7.88. The summed E-state index contributed by atoms with van der Waals surface area (Å²) in [4.78, 5) is 28.8. The molecule has 124 valence electrons. The molecule has 1 aromatic carbocycles. The van der Waals surface area contributed by atoms with Gasteiger partial charge in [-0.1, -0.05) is 6.07 Å². The van der Waals surface area contributed by atoms with Crippen molar-refractivity contribution in [1.29, 1.82) is 0 Å². The van der Waals surface area contributed by atoms with Gasteiger partial charge in [0.1, 0.15) is 12.2 Å². The monoisotopic (exact) mass is 327 g/mol. The van der Waals surface area contributed by atoms with Gasteiger partial charge in [-0.2, -0.15) is 5.10 Å². The molecule has 4 rings (SSSR count). The predicted octanol–water partition coefficient (Wildman–Crippen LogP) is 1.33. The highest BCUT2D eigenvalue weighted by molar-refractivity contribution is 6.04. The van der Waals surface area contributed by atoms with Gasteiger partial charge in [-0.25, -0.2) is 4.98 Å². The van der Waals surface area contributed by atoms with E-state index in [0.29, 0.717) is 22.8 Å². The summed E-state index contributed by atoms with van der Waals surface area (Å²) < 4.78 is 5.64. The number of ether oxygens (including phenoxy) is 1. The number of para-hydroxylation sites is 1. The van der Waals surface area contributed by atoms with Crippen molar-refractivity contribution in [2.75, 3.05) is 5.32 Å². The normalized spacial score (nSPS) is 21.0. The Labute approximate surface area is 138 Å². The van der Waals surface area contributed by atoms with Gasteiger partial charge in [0.05, 0.1) is 16.8 Å². The second-order valence-corrected chi connectivity index (χ2v) is 6.16. The van der Waals surface area contributed by atoms with Crippen molar-refractivity contribution in [2.24, 2.45) is 0 Å². The SMILES string of the molecule is CC1Oc2c(cccc2C(=O)NC2(c3ncn[nH]3)CCC2)NC1=O. The lowest BCUT2D eigenvalue weighted by Crippen LogP contribution is -2.51. The molecule has 0 radical (unpaired) electrons. The first-order valence-electron chi connectivity index (χ1n) is 7.88. The van der Waals surface area contributed by atoms with E-state index >= 15 is 0 Å². The summed E-state index contributed by atoms with van der Waals surface area (Å²) in [6.45, 7) is 1.65. The number of nitrogens with one attached hydrogen (secondary N) is 3. The van der Waals surface area contributed by atoms with Crippen molar-refractivity contribution in [3.8, 4) is 5.75 Å². The van der Waals surface area contributed by atoms with Crippen LogP contribution in [0.4, 0.5) is 5.69 Å². The molecule has 1 atom stereocenters. The minimum atomic E-state index is -0.640. The maximum absolute atomic E-state index is 12.8. The van der Waals surface area contributed by atoms with Crippen molar-refractivity contribution in [3.05, 3.63) is 35.9 Å². The summed E-state index contributed by atoms with van der Waals surface area (Å²) in [5.41, 5.74) is 0.387. The minimum absolute atomic E-state index is 0.225. The number of benzene rings is 1. The Kier molecular flexibility index (Phi) is 3.26. The van der Waals surface area contributed by atoms with E-state index in [9.17, 15) is 9.59 Å². The third kappa shape index (κ3) is 2.22. The van der Waals surface area contributed by atoms with Crippen LogP contribution in [0.15, 0.2) is 24.5 Å². The van der Waals surface area contributed by atoms with Crippen molar-refractivity contribution < 1.29 is 14.3 Å². The molecule has 8 nitrogen and oxygen atoms in total. The van der Waals surface area contributed by atoms with Gasteiger partial charge in [0.15, 0.2) is 11.9 Å². The van der Waals surface area contributed by atoms with Crippen LogP contribution in [-0.4, -0.2) is 33.1 Å². The number of hydrogen-bond acceptors (Lipinski definition) is 5. The third-order valence-electron chi connectivity index (χ3n) is 4.61. The Morgan fingerprint density at radius 2 is 2.25 bits per heavy atom. The molecule has 3 N–H and O–H groups in total. The van der Waals surface area contributed by atoms with E-state index in [2.05, 4.69) is 25.8 Å². The number of nitrogens with zero attached hydrogens (tertiary/aromatic N) is 2. The predicted molar refractivity (Wildman–Crippen MR) is 84.5 cm³/mol. The van der Waals surface area contributed by atoms with Gasteiger partial charge in [0.25, 0.3) is 11.8 Å². The van der Waals surface area contributed by atoms with Gasteiger partial charge in [-0.3, -0.25) is 14.7 Å². The lowest BCUT2D eigenvalue weighted by Gasteiger charge is -2.40. The van der Waals surface area contributed by atoms with Crippen LogP contribution < -0.4 is 15.4 Å². The summed E-state index contributed by atoms with van der Waals surface area (Å²) >= 11 is 0. The second-order valence-electron chi connectivity index (χ2n) is 6.16. The first kappa shape index (κ1) is 14.7. The number of fused-ring (bicyclic) bond motifs is 1. The van der Waals surface area contributed by atoms with E-state index in [1.165, 1.54) is 6.33 Å². The Balaban J connectivity index is 1.64. The maximum atomic E-state index is 12.8. The van der Waals surface area contributed by atoms with Crippen LogP contribution >= 0.6 is 0 Å². The summed E-state index contributed by atoms with van der Waals surface area (Å²) in [5, 5.41) is 12.5. The van der Waals surface area contributed by atoms with Crippen LogP contribution in [0.5, 0.6) is 5.75 Å². The number of hydrogen-bond donors (Lipinski definition) is 3. The Hall–Kier alpha value is -2.90. The van der Waals surface area contributed by atoms with Crippen molar-refractivity contribution >= 4 is 17.5 Å². The second kappa shape index (κ2) is 5.33. The van der Waals surface area contributed by atoms with Gasteiger partial charge in [0, 0.05) is 0 Å². The highest BCUT2D eigenvalue weighted by atomic mass is 16.5. The van der Waals surface area contributed by atoms with Crippen LogP contribution in [0.3, 0.4) is 0 Å². The quantitative estimate of drug-likeness (QED) is 0.788. The van der Waals surface area contributed by atoms with Crippen LogP contribution in [0.1, 0.15) is 42.4 Å². The van der Waals surface area contributed by atoms with E-state index in [1.807, 2.05) is 0 Å². The van der Waals surface area contributed by atoms with Gasteiger partial charge < -0.3 is 15.4 Å². The standard InChI is InChI=1S/C16H17N5O3/c1-9-13(22)19-11-5-2-4-10(12(11)24-9)14(23)20-16(6-3-7-16)15-17-8-18-21-15/h2,4-5,8-9H,3,6-7H2,1H3,(H,19,22)(H,20,23)(H,17,18,21). The molecule has 2 aromatic rings. The van der Waals surface area contributed by atoms with E-state index in [0.717, 1.165) is 19.3 Å². The zero-order chi connectivity index (χ0) is 16.7. The highest BCUT2D eigenvalue weighted by Crippen LogP contribution is 2.40. The number of anilines is 1. The molecule has 0 bridgehead atoms. The Bertz CT molecular complexity index is 798. The number of aromatic amines is 1. The van der Waals surface area contributed by atoms with E-state index < -0.39 is 11.6 Å². The molecule has 1 aromatic heterocycles. The Morgan fingerprint density at radius 1 is 1.42 bits per heavy atom. The molecule has 0 spiro atoms. The minimum Gasteiger partial charge on any atom is -0.478 e. The van der Waals surface area contributed by atoms with Gasteiger partial charge in [0.2, 0.25) is 0 Å². The number of rotatable bonds is 3. The van der Waals surface area contributed by atoms with Crippen LogP contribution in [0, 0.1) is 0 Å². The molecule has 1 fully saturated rings. The highest BCUT2D eigenvalue weighted by Gasteiger charge is 2.43. The van der Waals surface area contributed by atoms with Crippen LogP contribution in [-0.2, 0) is 10.3 Å². The van der Waals surface area contributed by atoms with Crippen LogP contribution in [0.2, 0.25) is 0 Å². The average molecular weight is 327 g/mol. The lowest BCUT2D eigenvalue weighted by atomic mass is 9.76. The zero-order valence-electron chi connectivity index (χ0n) is 13.1. The van der Waals surface area contributed by atoms with Crippen LogP contribution in [0.25, 0.3) is 0 Å².